The molecule has 2 aromatic rings. The Morgan fingerprint density at radius 2 is 1.94 bits per heavy atom. The lowest BCUT2D eigenvalue weighted by Gasteiger charge is -2.19. The van der Waals surface area contributed by atoms with Crippen LogP contribution in [0.15, 0.2) is 29.3 Å². The number of halogens is 1. The van der Waals surface area contributed by atoms with E-state index in [1.165, 1.54) is 11.6 Å². The Labute approximate surface area is 112 Å². The molecule has 0 saturated heterocycles. The zero-order valence-corrected chi connectivity index (χ0v) is 12.1. The molecule has 0 unspecified atom stereocenters. The van der Waals surface area contributed by atoms with Gasteiger partial charge < -0.3 is 0 Å². The molecule has 0 bridgehead atoms. The summed E-state index contributed by atoms with van der Waals surface area (Å²) in [4.78, 5) is 4.52. The molecule has 0 atom stereocenters. The van der Waals surface area contributed by atoms with Crippen molar-refractivity contribution in [2.45, 2.75) is 32.2 Å². The largest absolute Gasteiger partial charge is 0.241 e. The number of rotatable bonds is 2. The lowest BCUT2D eigenvalue weighted by molar-refractivity contribution is 0.412. The van der Waals surface area contributed by atoms with E-state index < -0.39 is 0 Å². The van der Waals surface area contributed by atoms with Crippen LogP contribution in [0.2, 0.25) is 0 Å². The molecular weight excluding hydrogens is 245 g/mol. The first-order valence-electron chi connectivity index (χ1n) is 6.02. The zero-order valence-electron chi connectivity index (χ0n) is 11.2. The third-order valence-electron chi connectivity index (χ3n) is 2.76. The first-order chi connectivity index (χ1) is 8.39. The minimum atomic E-state index is -0.198. The smallest absolute Gasteiger partial charge is 0.123 e. The van der Waals surface area contributed by atoms with Crippen molar-refractivity contribution in [3.05, 3.63) is 35.6 Å². The number of pyridine rings is 1. The average Bonchev–Trinajstić information content (AvgIpc) is 2.27. The summed E-state index contributed by atoms with van der Waals surface area (Å²) in [7, 11) is 0. The van der Waals surface area contributed by atoms with E-state index in [-0.39, 0.29) is 11.2 Å². The molecule has 3 heteroatoms. The number of hydrogen-bond donors (Lipinski definition) is 0. The number of nitrogens with zero attached hydrogens (tertiary/aromatic N) is 1. The minimum absolute atomic E-state index is 0.177. The van der Waals surface area contributed by atoms with Crippen molar-refractivity contribution in [3.63, 3.8) is 0 Å². The van der Waals surface area contributed by atoms with Gasteiger partial charge in [0.15, 0.2) is 0 Å². The van der Waals surface area contributed by atoms with Crippen LogP contribution in [-0.4, -0.2) is 11.2 Å². The van der Waals surface area contributed by atoms with E-state index >= 15 is 0 Å². The van der Waals surface area contributed by atoms with Gasteiger partial charge in [-0.1, -0.05) is 20.8 Å². The molecule has 0 amide bonds. The predicted molar refractivity (Wildman–Crippen MR) is 76.6 cm³/mol. The van der Waals surface area contributed by atoms with Crippen LogP contribution in [0, 0.1) is 11.2 Å². The quantitative estimate of drug-likeness (QED) is 0.729. The van der Waals surface area contributed by atoms with Crippen LogP contribution in [-0.2, 0) is 6.42 Å². The van der Waals surface area contributed by atoms with Crippen molar-refractivity contribution < 1.29 is 4.39 Å². The summed E-state index contributed by atoms with van der Waals surface area (Å²) in [6.07, 6.45) is 2.93. The molecule has 1 aromatic carbocycles. The van der Waals surface area contributed by atoms with E-state index in [2.05, 4.69) is 31.8 Å². The highest BCUT2D eigenvalue weighted by molar-refractivity contribution is 7.98. The summed E-state index contributed by atoms with van der Waals surface area (Å²) < 4.78 is 13.4. The first-order valence-corrected chi connectivity index (χ1v) is 7.25. The Balaban J connectivity index is 2.63. The summed E-state index contributed by atoms with van der Waals surface area (Å²) in [6, 6.07) is 6.90. The van der Waals surface area contributed by atoms with Crippen molar-refractivity contribution >= 4 is 22.7 Å². The Morgan fingerprint density at radius 1 is 1.22 bits per heavy atom. The average molecular weight is 263 g/mol. The number of thioether (sulfide) groups is 1. The summed E-state index contributed by atoms with van der Waals surface area (Å²) in [5.74, 6) is -0.198. The number of aromatic nitrogens is 1. The van der Waals surface area contributed by atoms with Gasteiger partial charge in [0, 0.05) is 5.39 Å². The molecule has 0 fully saturated rings. The summed E-state index contributed by atoms with van der Waals surface area (Å²) in [5, 5.41) is 1.93. The third kappa shape index (κ3) is 3.02. The molecule has 0 saturated carbocycles. The topological polar surface area (TPSA) is 12.9 Å². The summed E-state index contributed by atoms with van der Waals surface area (Å²) in [5.41, 5.74) is 2.23. The van der Waals surface area contributed by atoms with E-state index in [9.17, 15) is 4.39 Å². The first kappa shape index (κ1) is 13.3. The SMILES string of the molecule is CSc1cc(CC(C)(C)C)c2cc(F)ccc2n1. The van der Waals surface area contributed by atoms with Gasteiger partial charge in [-0.15, -0.1) is 11.8 Å². The molecule has 0 aliphatic rings. The van der Waals surface area contributed by atoms with Crippen LogP contribution < -0.4 is 0 Å². The maximum atomic E-state index is 13.4. The number of hydrogen-bond acceptors (Lipinski definition) is 2. The van der Waals surface area contributed by atoms with Crippen LogP contribution >= 0.6 is 11.8 Å². The van der Waals surface area contributed by atoms with Gasteiger partial charge in [0.25, 0.3) is 0 Å². The lowest BCUT2D eigenvalue weighted by atomic mass is 9.87. The van der Waals surface area contributed by atoms with Crippen molar-refractivity contribution in [1.82, 2.24) is 4.98 Å². The molecule has 96 valence electrons. The number of benzene rings is 1. The van der Waals surface area contributed by atoms with Gasteiger partial charge in [0.1, 0.15) is 5.82 Å². The van der Waals surface area contributed by atoms with Gasteiger partial charge >= 0.3 is 0 Å². The molecule has 0 aliphatic carbocycles. The van der Waals surface area contributed by atoms with Crippen molar-refractivity contribution in [2.24, 2.45) is 5.41 Å². The van der Waals surface area contributed by atoms with E-state index in [1.807, 2.05) is 6.26 Å². The van der Waals surface area contributed by atoms with Gasteiger partial charge in [-0.2, -0.15) is 0 Å². The lowest BCUT2D eigenvalue weighted by Crippen LogP contribution is -2.10. The standard InChI is InChI=1S/C15H18FNS/c1-15(2,3)9-10-7-14(18-4)17-13-6-5-11(16)8-12(10)13/h5-8H,9H2,1-4H3. The molecule has 18 heavy (non-hydrogen) atoms. The minimum Gasteiger partial charge on any atom is -0.241 e. The van der Waals surface area contributed by atoms with Crippen LogP contribution in [0.4, 0.5) is 4.39 Å². The van der Waals surface area contributed by atoms with Crippen LogP contribution in [0.1, 0.15) is 26.3 Å². The Morgan fingerprint density at radius 3 is 2.56 bits per heavy atom. The maximum absolute atomic E-state index is 13.4. The predicted octanol–water partition coefficient (Wildman–Crippen LogP) is 4.68. The highest BCUT2D eigenvalue weighted by Gasteiger charge is 2.15. The number of fused-ring (bicyclic) bond motifs is 1. The Hall–Kier alpha value is -1.09. The highest BCUT2D eigenvalue weighted by atomic mass is 32.2. The fourth-order valence-electron chi connectivity index (χ4n) is 2.06. The molecule has 0 aliphatic heterocycles. The molecular formula is C15H18FNS. The normalized spacial score (nSPS) is 12.1. The highest BCUT2D eigenvalue weighted by Crippen LogP contribution is 2.29. The molecule has 1 nitrogen and oxygen atoms in total. The van der Waals surface area contributed by atoms with E-state index in [1.54, 1.807) is 23.9 Å². The van der Waals surface area contributed by atoms with Gasteiger partial charge in [-0.05, 0) is 47.9 Å². The second kappa shape index (κ2) is 4.88. The molecule has 1 aromatic heterocycles. The molecule has 1 heterocycles. The Kier molecular flexibility index (Phi) is 3.62. The van der Waals surface area contributed by atoms with Crippen molar-refractivity contribution in [3.8, 4) is 0 Å². The van der Waals surface area contributed by atoms with Gasteiger partial charge in [0.05, 0.1) is 10.5 Å². The second-order valence-corrected chi connectivity index (χ2v) is 6.55. The Bertz CT molecular complexity index is 572. The molecule has 0 N–H and O–H groups in total. The van der Waals surface area contributed by atoms with Crippen molar-refractivity contribution in [1.29, 1.82) is 0 Å². The molecule has 0 spiro atoms. The fourth-order valence-corrected chi connectivity index (χ4v) is 2.51. The van der Waals surface area contributed by atoms with Gasteiger partial charge in [0.2, 0.25) is 0 Å². The molecule has 2 rings (SSSR count). The van der Waals surface area contributed by atoms with Crippen LogP contribution in [0.5, 0.6) is 0 Å². The maximum Gasteiger partial charge on any atom is 0.123 e. The van der Waals surface area contributed by atoms with E-state index in [0.29, 0.717) is 0 Å². The van der Waals surface area contributed by atoms with Crippen LogP contribution in [0.25, 0.3) is 10.9 Å². The third-order valence-corrected chi connectivity index (χ3v) is 3.39. The molecule has 0 radical (unpaired) electrons. The summed E-state index contributed by atoms with van der Waals surface area (Å²) in [6.45, 7) is 6.58. The second-order valence-electron chi connectivity index (χ2n) is 5.72. The van der Waals surface area contributed by atoms with Gasteiger partial charge in [-0.25, -0.2) is 9.37 Å². The summed E-state index contributed by atoms with van der Waals surface area (Å²) >= 11 is 1.62. The monoisotopic (exact) mass is 263 g/mol. The fraction of sp³-hybridized carbons (Fsp3) is 0.400. The zero-order chi connectivity index (χ0) is 13.3. The van der Waals surface area contributed by atoms with Crippen LogP contribution in [0.3, 0.4) is 0 Å². The van der Waals surface area contributed by atoms with E-state index in [0.717, 1.165) is 22.3 Å². The van der Waals surface area contributed by atoms with Crippen molar-refractivity contribution in [2.75, 3.05) is 6.26 Å². The van der Waals surface area contributed by atoms with Gasteiger partial charge in [-0.3, -0.25) is 0 Å². The van der Waals surface area contributed by atoms with E-state index in [4.69, 9.17) is 0 Å².